The Bertz CT molecular complexity index is 1010. The second-order valence-electron chi connectivity index (χ2n) is 9.07. The van der Waals surface area contributed by atoms with Crippen LogP contribution in [0.25, 0.3) is 22.4 Å². The molecule has 1 aromatic heterocycles. The zero-order valence-corrected chi connectivity index (χ0v) is 18.6. The molecule has 0 radical (unpaired) electrons. The molecule has 2 heterocycles. The molecule has 0 N–H and O–H groups in total. The van der Waals surface area contributed by atoms with Crippen LogP contribution in [-0.2, 0) is 0 Å². The predicted octanol–water partition coefficient (Wildman–Crippen LogP) is 4.41. The number of rotatable bonds is 2. The van der Waals surface area contributed by atoms with Crippen molar-refractivity contribution in [3.8, 4) is 22.4 Å². The Labute approximate surface area is 159 Å². The fraction of sp³-hybridized carbons (Fsp3) is 0.261. The summed E-state index contributed by atoms with van der Waals surface area (Å²) in [6, 6.07) is 18.2. The average Bonchev–Trinajstić information content (AvgIpc) is 2.82. The lowest BCUT2D eigenvalue weighted by Gasteiger charge is -2.20. The van der Waals surface area contributed by atoms with Crippen LogP contribution < -0.4 is 15.6 Å². The summed E-state index contributed by atoms with van der Waals surface area (Å²) in [5.41, 5.74) is 6.55. The minimum Gasteiger partial charge on any atom is -0.256 e. The van der Waals surface area contributed by atoms with Crippen molar-refractivity contribution in [2.45, 2.75) is 39.7 Å². The number of hydrogen-bond donors (Lipinski definition) is 0. The van der Waals surface area contributed by atoms with Crippen molar-refractivity contribution in [3.05, 3.63) is 60.3 Å². The highest BCUT2D eigenvalue weighted by Crippen LogP contribution is 2.31. The van der Waals surface area contributed by atoms with Crippen molar-refractivity contribution in [2.75, 3.05) is 0 Å². The van der Waals surface area contributed by atoms with E-state index in [2.05, 4.69) is 94.4 Å². The van der Waals surface area contributed by atoms with Crippen molar-refractivity contribution in [1.82, 2.24) is 4.98 Å². The zero-order chi connectivity index (χ0) is 18.7. The maximum absolute atomic E-state index is 4.84. The van der Waals surface area contributed by atoms with Crippen molar-refractivity contribution >= 4 is 31.7 Å². The van der Waals surface area contributed by atoms with E-state index >= 15 is 0 Å². The van der Waals surface area contributed by atoms with Crippen LogP contribution in [0.15, 0.2) is 54.7 Å². The number of fused-ring (bicyclic) bond motifs is 3. The van der Waals surface area contributed by atoms with Crippen LogP contribution in [-0.4, -0.2) is 21.1 Å². The molecule has 2 aromatic carbocycles. The van der Waals surface area contributed by atoms with Crippen LogP contribution >= 0.6 is 0 Å². The van der Waals surface area contributed by atoms with Crippen LogP contribution in [0.4, 0.5) is 0 Å². The molecule has 1 aliphatic heterocycles. The second kappa shape index (κ2) is 5.76. The van der Waals surface area contributed by atoms with E-state index in [1.54, 1.807) is 10.4 Å². The molecule has 0 aliphatic carbocycles. The number of nitrogens with zero attached hydrogens (tertiary/aromatic N) is 1. The van der Waals surface area contributed by atoms with Crippen molar-refractivity contribution in [2.24, 2.45) is 0 Å². The highest BCUT2D eigenvalue weighted by Gasteiger charge is 2.37. The van der Waals surface area contributed by atoms with E-state index in [4.69, 9.17) is 4.98 Å². The van der Waals surface area contributed by atoms with E-state index in [1.165, 1.54) is 27.4 Å². The Morgan fingerprint density at radius 2 is 1.54 bits per heavy atom. The Morgan fingerprint density at radius 1 is 0.846 bits per heavy atom. The van der Waals surface area contributed by atoms with Gasteiger partial charge in [-0.05, 0) is 51.3 Å². The van der Waals surface area contributed by atoms with Gasteiger partial charge in [0.1, 0.15) is 8.07 Å². The lowest BCUT2D eigenvalue weighted by atomic mass is 10.0. The topological polar surface area (TPSA) is 12.9 Å². The third-order valence-corrected chi connectivity index (χ3v) is 11.5. The van der Waals surface area contributed by atoms with Crippen LogP contribution in [0.5, 0.6) is 0 Å². The third kappa shape index (κ3) is 2.61. The number of aromatic nitrogens is 1. The van der Waals surface area contributed by atoms with E-state index in [-0.39, 0.29) is 0 Å². The fourth-order valence-corrected chi connectivity index (χ4v) is 9.16. The number of aryl methyl sites for hydroxylation is 1. The SMILES string of the molecule is Cc1cc(-c2ccc3c(c2)-c2ccccc2[Si]3(C)C)ncc1[Si](C)(C)C. The minimum atomic E-state index is -1.56. The maximum atomic E-state index is 4.84. The molecule has 0 saturated carbocycles. The standard InChI is InChI=1S/C23H27NSi2/c1-16-13-20(24-15-23(16)25(2,3)4)17-11-12-22-19(14-17)18-9-7-8-10-21(18)26(22,5)6/h7-15H,1-6H3. The first-order chi connectivity index (χ1) is 12.2. The largest absolute Gasteiger partial charge is 0.256 e. The molecule has 0 saturated heterocycles. The van der Waals surface area contributed by atoms with E-state index in [0.29, 0.717) is 0 Å². The molecule has 1 aliphatic rings. The second-order valence-corrected chi connectivity index (χ2v) is 18.4. The molecule has 0 fully saturated rings. The zero-order valence-electron chi connectivity index (χ0n) is 16.6. The molecule has 0 atom stereocenters. The van der Waals surface area contributed by atoms with Gasteiger partial charge in [-0.25, -0.2) is 0 Å². The van der Waals surface area contributed by atoms with Gasteiger partial charge in [0.15, 0.2) is 0 Å². The van der Waals surface area contributed by atoms with Gasteiger partial charge < -0.3 is 0 Å². The summed E-state index contributed by atoms with van der Waals surface area (Å²) in [6.07, 6.45) is 2.12. The van der Waals surface area contributed by atoms with Gasteiger partial charge in [-0.1, -0.05) is 69.1 Å². The molecule has 4 rings (SSSR count). The van der Waals surface area contributed by atoms with Crippen LogP contribution in [0.3, 0.4) is 0 Å². The highest BCUT2D eigenvalue weighted by molar-refractivity contribution is 7.03. The number of pyridine rings is 1. The van der Waals surface area contributed by atoms with E-state index in [9.17, 15) is 0 Å². The maximum Gasteiger partial charge on any atom is 0.113 e. The summed E-state index contributed by atoms with van der Waals surface area (Å²) >= 11 is 0. The molecule has 3 heteroatoms. The summed E-state index contributed by atoms with van der Waals surface area (Å²) in [7, 11) is -2.91. The van der Waals surface area contributed by atoms with E-state index < -0.39 is 16.1 Å². The van der Waals surface area contributed by atoms with Gasteiger partial charge in [-0.2, -0.15) is 0 Å². The fourth-order valence-electron chi connectivity index (χ4n) is 4.38. The van der Waals surface area contributed by atoms with Crippen molar-refractivity contribution in [1.29, 1.82) is 0 Å². The molecule has 3 aromatic rings. The van der Waals surface area contributed by atoms with Gasteiger partial charge in [-0.15, -0.1) is 0 Å². The Hall–Kier alpha value is -1.98. The summed E-state index contributed by atoms with van der Waals surface area (Å²) in [5, 5.41) is 4.57. The summed E-state index contributed by atoms with van der Waals surface area (Å²) in [5.74, 6) is 0. The Balaban J connectivity index is 1.85. The first kappa shape index (κ1) is 17.4. The molecule has 0 unspecified atom stereocenters. The van der Waals surface area contributed by atoms with Crippen LogP contribution in [0.1, 0.15) is 5.56 Å². The van der Waals surface area contributed by atoms with Gasteiger partial charge in [0.25, 0.3) is 0 Å². The smallest absolute Gasteiger partial charge is 0.113 e. The molecular formula is C23H27NSi2. The first-order valence-corrected chi connectivity index (χ1v) is 15.9. The van der Waals surface area contributed by atoms with Gasteiger partial charge in [0.05, 0.1) is 13.8 Å². The summed E-state index contributed by atoms with van der Waals surface area (Å²) in [4.78, 5) is 4.84. The minimum absolute atomic E-state index is 1.09. The summed E-state index contributed by atoms with van der Waals surface area (Å²) < 4.78 is 0. The molecule has 0 spiro atoms. The van der Waals surface area contributed by atoms with Crippen molar-refractivity contribution < 1.29 is 0 Å². The molecular weight excluding hydrogens is 346 g/mol. The molecule has 26 heavy (non-hydrogen) atoms. The van der Waals surface area contributed by atoms with Gasteiger partial charge in [-0.3, -0.25) is 4.98 Å². The normalized spacial score (nSPS) is 14.8. The van der Waals surface area contributed by atoms with E-state index in [1.807, 2.05) is 0 Å². The van der Waals surface area contributed by atoms with Gasteiger partial charge >= 0.3 is 0 Å². The Morgan fingerprint density at radius 3 is 2.23 bits per heavy atom. The van der Waals surface area contributed by atoms with Crippen LogP contribution in [0.2, 0.25) is 32.7 Å². The van der Waals surface area contributed by atoms with Crippen LogP contribution in [0, 0.1) is 6.92 Å². The van der Waals surface area contributed by atoms with Crippen molar-refractivity contribution in [3.63, 3.8) is 0 Å². The predicted molar refractivity (Wildman–Crippen MR) is 120 cm³/mol. The molecule has 132 valence electrons. The van der Waals surface area contributed by atoms with E-state index in [0.717, 1.165) is 5.69 Å². The number of hydrogen-bond acceptors (Lipinski definition) is 1. The average molecular weight is 374 g/mol. The van der Waals surface area contributed by atoms with Gasteiger partial charge in [0.2, 0.25) is 0 Å². The highest BCUT2D eigenvalue weighted by atomic mass is 28.3. The quantitative estimate of drug-likeness (QED) is 0.607. The summed E-state index contributed by atoms with van der Waals surface area (Å²) in [6.45, 7) is 14.3. The first-order valence-electron chi connectivity index (χ1n) is 9.41. The Kier molecular flexibility index (Phi) is 3.86. The lowest BCUT2D eigenvalue weighted by molar-refractivity contribution is 1.30. The van der Waals surface area contributed by atoms with Gasteiger partial charge in [0, 0.05) is 11.8 Å². The third-order valence-electron chi connectivity index (χ3n) is 5.80. The molecule has 0 bridgehead atoms. The molecule has 0 amide bonds. The lowest BCUT2D eigenvalue weighted by Crippen LogP contribution is -2.49. The number of benzene rings is 2. The monoisotopic (exact) mass is 373 g/mol. The molecule has 1 nitrogen and oxygen atoms in total.